The van der Waals surface area contributed by atoms with Gasteiger partial charge < -0.3 is 0 Å². The second-order valence-corrected chi connectivity index (χ2v) is 2.79. The highest BCUT2D eigenvalue weighted by atomic mass is 35.5. The van der Waals surface area contributed by atoms with E-state index in [0.717, 1.165) is 0 Å². The van der Waals surface area contributed by atoms with Gasteiger partial charge >= 0.3 is 0 Å². The highest BCUT2D eigenvalue weighted by Crippen LogP contribution is 2.18. The Balaban J connectivity index is 3.29. The predicted octanol–water partition coefficient (Wildman–Crippen LogP) is 1.81. The Hall–Kier alpha value is -0.830. The van der Waals surface area contributed by atoms with Gasteiger partial charge in [0.1, 0.15) is 0 Å². The molecule has 0 saturated heterocycles. The molecule has 1 rings (SSSR count). The Morgan fingerprint density at radius 2 is 2.09 bits per heavy atom. The molecule has 11 heavy (non-hydrogen) atoms. The number of hydrogen-bond donors (Lipinski definition) is 0. The van der Waals surface area contributed by atoms with E-state index in [4.69, 9.17) is 11.6 Å². The molecule has 0 aliphatic carbocycles. The fourth-order valence-corrected chi connectivity index (χ4v) is 1.05. The quantitative estimate of drug-likeness (QED) is 0.598. The summed E-state index contributed by atoms with van der Waals surface area (Å²) in [4.78, 5) is 10.9. The van der Waals surface area contributed by atoms with Crippen LogP contribution in [0.2, 0.25) is 5.02 Å². The molecule has 0 radical (unpaired) electrons. The van der Waals surface area contributed by atoms with Crippen LogP contribution in [-0.4, -0.2) is 15.7 Å². The van der Waals surface area contributed by atoms with E-state index in [-0.39, 0.29) is 5.91 Å². The topological polar surface area (TPSA) is 34.9 Å². The van der Waals surface area contributed by atoms with E-state index in [1.54, 1.807) is 13.8 Å². The Labute approximate surface area is 70.0 Å². The summed E-state index contributed by atoms with van der Waals surface area (Å²) >= 11 is 5.81. The van der Waals surface area contributed by atoms with Gasteiger partial charge in [-0.1, -0.05) is 11.6 Å². The predicted molar refractivity (Wildman–Crippen MR) is 43.0 cm³/mol. The van der Waals surface area contributed by atoms with E-state index in [1.807, 2.05) is 0 Å². The molecule has 0 atom stereocenters. The fraction of sp³-hybridized carbons (Fsp3) is 0.429. The SMILES string of the molecule is CC(=O)n1nc(C)c(Cl)c1C. The Kier molecular flexibility index (Phi) is 2.00. The van der Waals surface area contributed by atoms with Crippen molar-refractivity contribution in [1.82, 2.24) is 9.78 Å². The van der Waals surface area contributed by atoms with E-state index >= 15 is 0 Å². The number of aryl methyl sites for hydroxylation is 1. The van der Waals surface area contributed by atoms with Gasteiger partial charge in [0.15, 0.2) is 0 Å². The van der Waals surface area contributed by atoms with Gasteiger partial charge in [-0.05, 0) is 13.8 Å². The summed E-state index contributed by atoms with van der Waals surface area (Å²) in [5, 5.41) is 4.51. The molecule has 1 aromatic rings. The van der Waals surface area contributed by atoms with Gasteiger partial charge in [-0.15, -0.1) is 0 Å². The third kappa shape index (κ3) is 1.28. The number of hydrogen-bond acceptors (Lipinski definition) is 2. The third-order valence-electron chi connectivity index (χ3n) is 1.50. The number of carbonyl (C=O) groups is 1. The van der Waals surface area contributed by atoms with Crippen LogP contribution in [0.1, 0.15) is 23.1 Å². The number of aromatic nitrogens is 2. The Bertz CT molecular complexity index is 304. The lowest BCUT2D eigenvalue weighted by Crippen LogP contribution is -2.09. The van der Waals surface area contributed by atoms with Crippen molar-refractivity contribution in [2.24, 2.45) is 0 Å². The van der Waals surface area contributed by atoms with Crippen molar-refractivity contribution in [3.63, 3.8) is 0 Å². The molecule has 1 aromatic heterocycles. The van der Waals surface area contributed by atoms with Gasteiger partial charge in [0.25, 0.3) is 0 Å². The minimum absolute atomic E-state index is 0.113. The van der Waals surface area contributed by atoms with Crippen molar-refractivity contribution in [2.75, 3.05) is 0 Å². The normalized spacial score (nSPS) is 10.2. The van der Waals surface area contributed by atoms with Crippen molar-refractivity contribution < 1.29 is 4.79 Å². The second kappa shape index (κ2) is 2.66. The molecule has 0 amide bonds. The summed E-state index contributed by atoms with van der Waals surface area (Å²) < 4.78 is 1.30. The molecule has 0 bridgehead atoms. The van der Waals surface area contributed by atoms with Gasteiger partial charge in [-0.25, -0.2) is 4.68 Å². The summed E-state index contributed by atoms with van der Waals surface area (Å²) in [5.74, 6) is -0.113. The van der Waals surface area contributed by atoms with Crippen molar-refractivity contribution in [3.05, 3.63) is 16.4 Å². The third-order valence-corrected chi connectivity index (χ3v) is 2.05. The van der Waals surface area contributed by atoms with Crippen LogP contribution in [0, 0.1) is 13.8 Å². The van der Waals surface area contributed by atoms with E-state index < -0.39 is 0 Å². The van der Waals surface area contributed by atoms with Crippen LogP contribution in [0.15, 0.2) is 0 Å². The molecule has 0 N–H and O–H groups in total. The molecule has 0 fully saturated rings. The number of halogens is 1. The van der Waals surface area contributed by atoms with Crippen LogP contribution in [0.3, 0.4) is 0 Å². The summed E-state index contributed by atoms with van der Waals surface area (Å²) in [6.45, 7) is 4.99. The largest absolute Gasteiger partial charge is 0.273 e. The van der Waals surface area contributed by atoms with Crippen LogP contribution in [-0.2, 0) is 0 Å². The van der Waals surface area contributed by atoms with Crippen LogP contribution in [0.5, 0.6) is 0 Å². The van der Waals surface area contributed by atoms with Crippen LogP contribution in [0.4, 0.5) is 0 Å². The monoisotopic (exact) mass is 172 g/mol. The minimum atomic E-state index is -0.113. The molecule has 4 heteroatoms. The minimum Gasteiger partial charge on any atom is -0.273 e. The summed E-state index contributed by atoms with van der Waals surface area (Å²) in [7, 11) is 0. The van der Waals surface area contributed by atoms with E-state index in [0.29, 0.717) is 16.4 Å². The molecule has 0 spiro atoms. The lowest BCUT2D eigenvalue weighted by Gasteiger charge is -1.94. The molecule has 0 aliphatic rings. The number of rotatable bonds is 0. The van der Waals surface area contributed by atoms with Gasteiger partial charge in [0, 0.05) is 6.92 Å². The number of nitrogens with zero attached hydrogens (tertiary/aromatic N) is 2. The van der Waals surface area contributed by atoms with Crippen molar-refractivity contribution in [2.45, 2.75) is 20.8 Å². The molecule has 3 nitrogen and oxygen atoms in total. The van der Waals surface area contributed by atoms with Crippen molar-refractivity contribution >= 4 is 17.5 Å². The first-order valence-corrected chi connectivity index (χ1v) is 3.64. The van der Waals surface area contributed by atoms with Gasteiger partial charge in [-0.3, -0.25) is 4.79 Å². The highest BCUT2D eigenvalue weighted by Gasteiger charge is 2.10. The maximum atomic E-state index is 10.9. The zero-order chi connectivity index (χ0) is 8.59. The molecular weight excluding hydrogens is 164 g/mol. The smallest absolute Gasteiger partial charge is 0.244 e. The second-order valence-electron chi connectivity index (χ2n) is 2.42. The average Bonchev–Trinajstić information content (AvgIpc) is 2.17. The highest BCUT2D eigenvalue weighted by molar-refractivity contribution is 6.32. The van der Waals surface area contributed by atoms with Crippen LogP contribution >= 0.6 is 11.6 Å². The summed E-state index contributed by atoms with van der Waals surface area (Å²) in [6, 6.07) is 0. The molecule has 0 saturated carbocycles. The summed E-state index contributed by atoms with van der Waals surface area (Å²) in [5.41, 5.74) is 1.40. The lowest BCUT2D eigenvalue weighted by molar-refractivity contribution is 0.0918. The molecular formula is C7H9ClN2O. The van der Waals surface area contributed by atoms with Gasteiger partial charge in [0.2, 0.25) is 5.91 Å². The van der Waals surface area contributed by atoms with Crippen molar-refractivity contribution in [1.29, 1.82) is 0 Å². The van der Waals surface area contributed by atoms with E-state index in [9.17, 15) is 4.79 Å². The zero-order valence-electron chi connectivity index (χ0n) is 6.68. The first-order chi connectivity index (χ1) is 5.04. The average molecular weight is 173 g/mol. The molecule has 0 aromatic carbocycles. The summed E-state index contributed by atoms with van der Waals surface area (Å²) in [6.07, 6.45) is 0. The lowest BCUT2D eigenvalue weighted by atomic mass is 10.4. The molecule has 0 aliphatic heterocycles. The van der Waals surface area contributed by atoms with E-state index in [1.165, 1.54) is 11.6 Å². The fourth-order valence-electron chi connectivity index (χ4n) is 0.930. The maximum absolute atomic E-state index is 10.9. The Morgan fingerprint density at radius 1 is 1.55 bits per heavy atom. The molecule has 60 valence electrons. The maximum Gasteiger partial charge on any atom is 0.244 e. The van der Waals surface area contributed by atoms with Crippen LogP contribution in [0.25, 0.3) is 0 Å². The molecule has 0 unspecified atom stereocenters. The first-order valence-electron chi connectivity index (χ1n) is 3.26. The van der Waals surface area contributed by atoms with Gasteiger partial charge in [-0.2, -0.15) is 5.10 Å². The molecule has 1 heterocycles. The van der Waals surface area contributed by atoms with Crippen LogP contribution < -0.4 is 0 Å². The first kappa shape index (κ1) is 8.27. The number of carbonyl (C=O) groups excluding carboxylic acids is 1. The van der Waals surface area contributed by atoms with Crippen molar-refractivity contribution in [3.8, 4) is 0 Å². The van der Waals surface area contributed by atoms with E-state index in [2.05, 4.69) is 5.10 Å². The standard InChI is InChI=1S/C7H9ClN2O/c1-4-7(8)5(2)10(9-4)6(3)11/h1-3H3. The zero-order valence-corrected chi connectivity index (χ0v) is 7.44. The van der Waals surface area contributed by atoms with Gasteiger partial charge in [0.05, 0.1) is 16.4 Å². The Morgan fingerprint density at radius 3 is 2.27 bits per heavy atom.